The molecule has 0 bridgehead atoms. The third-order valence-electron chi connectivity index (χ3n) is 3.19. The minimum Gasteiger partial charge on any atom is -0.493 e. The van der Waals surface area contributed by atoms with Crippen molar-refractivity contribution in [2.24, 2.45) is 5.92 Å². The minimum absolute atomic E-state index is 0.504. The van der Waals surface area contributed by atoms with Crippen LogP contribution >= 0.6 is 0 Å². The van der Waals surface area contributed by atoms with Gasteiger partial charge in [-0.05, 0) is 42.5 Å². The molecule has 1 N–H and O–H groups in total. The number of nitrogens with one attached hydrogen (secondary N) is 1. The number of hydrogen-bond acceptors (Lipinski definition) is 5. The van der Waals surface area contributed by atoms with Gasteiger partial charge in [0.15, 0.2) is 0 Å². The van der Waals surface area contributed by atoms with Gasteiger partial charge < -0.3 is 14.6 Å². The molecule has 3 rings (SSSR count). The summed E-state index contributed by atoms with van der Waals surface area (Å²) >= 11 is 0. The standard InChI is InChI=1S/C17H19N3O2/c1-12(2)11-21-15-5-3-14(4-6-15)17-19-16(20-22-17)13-7-9-18-10-8-13/h3-9,12,18H,10-11H2,1-2H3. The molecule has 5 nitrogen and oxygen atoms in total. The molecule has 0 amide bonds. The van der Waals surface area contributed by atoms with Crippen molar-refractivity contribution in [3.63, 3.8) is 0 Å². The van der Waals surface area contributed by atoms with Gasteiger partial charge in [-0.15, -0.1) is 0 Å². The van der Waals surface area contributed by atoms with E-state index >= 15 is 0 Å². The van der Waals surface area contributed by atoms with E-state index in [1.54, 1.807) is 0 Å². The van der Waals surface area contributed by atoms with Crippen molar-refractivity contribution in [1.82, 2.24) is 15.5 Å². The monoisotopic (exact) mass is 297 g/mol. The van der Waals surface area contributed by atoms with Crippen LogP contribution in [0.15, 0.2) is 47.1 Å². The third kappa shape index (κ3) is 3.36. The lowest BCUT2D eigenvalue weighted by Gasteiger charge is -2.08. The van der Waals surface area contributed by atoms with Gasteiger partial charge in [0.2, 0.25) is 5.82 Å². The topological polar surface area (TPSA) is 60.2 Å². The van der Waals surface area contributed by atoms with Crippen molar-refractivity contribution in [2.75, 3.05) is 13.2 Å². The fraction of sp³-hybridized carbons (Fsp3) is 0.294. The van der Waals surface area contributed by atoms with Crippen LogP contribution in [-0.2, 0) is 0 Å². The molecular weight excluding hydrogens is 278 g/mol. The van der Waals surface area contributed by atoms with Crippen LogP contribution in [0.4, 0.5) is 0 Å². The zero-order valence-corrected chi connectivity index (χ0v) is 12.7. The molecule has 1 aliphatic heterocycles. The minimum atomic E-state index is 0.504. The van der Waals surface area contributed by atoms with E-state index in [9.17, 15) is 0 Å². The number of dihydropyridines is 1. The van der Waals surface area contributed by atoms with Gasteiger partial charge in [0.1, 0.15) is 5.75 Å². The molecule has 114 valence electrons. The first-order chi connectivity index (χ1) is 10.7. The Bertz CT molecular complexity index is 684. The summed E-state index contributed by atoms with van der Waals surface area (Å²) in [6.07, 6.45) is 5.84. The zero-order valence-electron chi connectivity index (χ0n) is 12.7. The fourth-order valence-corrected chi connectivity index (χ4v) is 2.03. The van der Waals surface area contributed by atoms with Crippen LogP contribution < -0.4 is 10.1 Å². The highest BCUT2D eigenvalue weighted by Crippen LogP contribution is 2.23. The summed E-state index contributed by atoms with van der Waals surface area (Å²) in [5.74, 6) is 2.47. The van der Waals surface area contributed by atoms with Gasteiger partial charge in [0, 0.05) is 17.7 Å². The largest absolute Gasteiger partial charge is 0.493 e. The summed E-state index contributed by atoms with van der Waals surface area (Å²) < 4.78 is 11.0. The van der Waals surface area contributed by atoms with E-state index in [1.807, 2.05) is 42.6 Å². The second-order valence-electron chi connectivity index (χ2n) is 5.55. The number of hydrogen-bond donors (Lipinski definition) is 1. The average molecular weight is 297 g/mol. The van der Waals surface area contributed by atoms with E-state index in [0.717, 1.165) is 23.4 Å². The Labute approximate surface area is 129 Å². The summed E-state index contributed by atoms with van der Waals surface area (Å²) in [5.41, 5.74) is 1.85. The maximum absolute atomic E-state index is 5.67. The Morgan fingerprint density at radius 2 is 2.09 bits per heavy atom. The van der Waals surface area contributed by atoms with Gasteiger partial charge in [0.05, 0.1) is 6.61 Å². The average Bonchev–Trinajstić information content (AvgIpc) is 3.04. The van der Waals surface area contributed by atoms with Crippen LogP contribution in [0.3, 0.4) is 0 Å². The Morgan fingerprint density at radius 3 is 2.77 bits per heavy atom. The van der Waals surface area contributed by atoms with Gasteiger partial charge in [-0.2, -0.15) is 4.98 Å². The SMILES string of the molecule is CC(C)COc1ccc(-c2nc(C3=CCNC=C3)no2)cc1. The molecule has 2 aromatic rings. The Hall–Kier alpha value is -2.56. The van der Waals surface area contributed by atoms with Crippen molar-refractivity contribution >= 4 is 5.57 Å². The Kier molecular flexibility index (Phi) is 4.23. The predicted octanol–water partition coefficient (Wildman–Crippen LogP) is 3.27. The smallest absolute Gasteiger partial charge is 0.258 e. The van der Waals surface area contributed by atoms with Crippen molar-refractivity contribution in [2.45, 2.75) is 13.8 Å². The summed E-state index contributed by atoms with van der Waals surface area (Å²) in [7, 11) is 0. The first-order valence-corrected chi connectivity index (χ1v) is 7.40. The fourth-order valence-electron chi connectivity index (χ4n) is 2.03. The number of nitrogens with zero attached hydrogens (tertiary/aromatic N) is 2. The number of allylic oxidation sites excluding steroid dienone is 2. The van der Waals surface area contributed by atoms with Crippen LogP contribution in [0.25, 0.3) is 17.0 Å². The molecule has 0 fully saturated rings. The first-order valence-electron chi connectivity index (χ1n) is 7.40. The zero-order chi connectivity index (χ0) is 15.4. The van der Waals surface area contributed by atoms with E-state index in [1.165, 1.54) is 0 Å². The molecule has 0 saturated carbocycles. The molecule has 1 aromatic carbocycles. The second-order valence-corrected chi connectivity index (χ2v) is 5.55. The van der Waals surface area contributed by atoms with Crippen LogP contribution in [0, 0.1) is 5.92 Å². The number of aromatic nitrogens is 2. The number of benzene rings is 1. The molecule has 2 heterocycles. The van der Waals surface area contributed by atoms with E-state index in [4.69, 9.17) is 9.26 Å². The summed E-state index contributed by atoms with van der Waals surface area (Å²) in [5, 5.41) is 7.13. The molecular formula is C17H19N3O2. The van der Waals surface area contributed by atoms with Gasteiger partial charge in [-0.25, -0.2) is 0 Å². The molecule has 0 aliphatic carbocycles. The summed E-state index contributed by atoms with van der Waals surface area (Å²) in [6, 6.07) is 7.70. The van der Waals surface area contributed by atoms with E-state index < -0.39 is 0 Å². The van der Waals surface area contributed by atoms with Crippen LogP contribution in [0.1, 0.15) is 19.7 Å². The first kappa shape index (κ1) is 14.4. The number of ether oxygens (including phenoxy) is 1. The molecule has 0 unspecified atom stereocenters. The Morgan fingerprint density at radius 1 is 1.27 bits per heavy atom. The molecule has 0 spiro atoms. The van der Waals surface area contributed by atoms with E-state index in [2.05, 4.69) is 29.3 Å². The molecule has 0 saturated heterocycles. The van der Waals surface area contributed by atoms with E-state index in [-0.39, 0.29) is 0 Å². The third-order valence-corrected chi connectivity index (χ3v) is 3.19. The van der Waals surface area contributed by atoms with E-state index in [0.29, 0.717) is 24.2 Å². The maximum Gasteiger partial charge on any atom is 0.258 e. The summed E-state index contributed by atoms with van der Waals surface area (Å²) in [4.78, 5) is 4.44. The van der Waals surface area contributed by atoms with Crippen LogP contribution in [-0.4, -0.2) is 23.3 Å². The van der Waals surface area contributed by atoms with Crippen LogP contribution in [0.2, 0.25) is 0 Å². The lowest BCUT2D eigenvalue weighted by molar-refractivity contribution is 0.271. The molecule has 22 heavy (non-hydrogen) atoms. The van der Waals surface area contributed by atoms with Crippen molar-refractivity contribution in [3.05, 3.63) is 48.4 Å². The quantitative estimate of drug-likeness (QED) is 0.917. The van der Waals surface area contributed by atoms with Crippen molar-refractivity contribution in [1.29, 1.82) is 0 Å². The predicted molar refractivity (Wildman–Crippen MR) is 85.2 cm³/mol. The van der Waals surface area contributed by atoms with Gasteiger partial charge in [0.25, 0.3) is 5.89 Å². The highest BCUT2D eigenvalue weighted by Gasteiger charge is 2.12. The van der Waals surface area contributed by atoms with Gasteiger partial charge >= 0.3 is 0 Å². The lowest BCUT2D eigenvalue weighted by Crippen LogP contribution is -2.08. The molecule has 0 atom stereocenters. The molecule has 1 aromatic heterocycles. The molecule has 0 radical (unpaired) electrons. The highest BCUT2D eigenvalue weighted by atomic mass is 16.5. The van der Waals surface area contributed by atoms with Gasteiger partial charge in [-0.3, -0.25) is 0 Å². The maximum atomic E-state index is 5.67. The number of rotatable bonds is 5. The highest BCUT2D eigenvalue weighted by molar-refractivity contribution is 5.71. The summed E-state index contributed by atoms with van der Waals surface area (Å²) in [6.45, 7) is 5.73. The van der Waals surface area contributed by atoms with Gasteiger partial charge in [-0.1, -0.05) is 25.1 Å². The lowest BCUT2D eigenvalue weighted by atomic mass is 10.2. The van der Waals surface area contributed by atoms with Crippen LogP contribution in [0.5, 0.6) is 5.75 Å². The molecule has 5 heteroatoms. The molecule has 1 aliphatic rings. The van der Waals surface area contributed by atoms with Crippen molar-refractivity contribution < 1.29 is 9.26 Å². The second kappa shape index (κ2) is 6.47. The normalized spacial score (nSPS) is 13.9. The Balaban J connectivity index is 1.73. The van der Waals surface area contributed by atoms with Crippen molar-refractivity contribution in [3.8, 4) is 17.2 Å².